The summed E-state index contributed by atoms with van der Waals surface area (Å²) in [4.78, 5) is 14.7. The van der Waals surface area contributed by atoms with Crippen molar-refractivity contribution in [2.45, 2.75) is 23.8 Å². The molecular formula is C20H25N3O5S. The first-order valence-corrected chi connectivity index (χ1v) is 10.7. The summed E-state index contributed by atoms with van der Waals surface area (Å²) in [5, 5.41) is 7.89. The number of nitrogens with two attached hydrogens (primary N) is 1. The highest BCUT2D eigenvalue weighted by Gasteiger charge is 2.30. The van der Waals surface area contributed by atoms with Crippen molar-refractivity contribution in [3.63, 3.8) is 0 Å². The Morgan fingerprint density at radius 2 is 1.90 bits per heavy atom. The van der Waals surface area contributed by atoms with Gasteiger partial charge in [-0.05, 0) is 61.9 Å². The lowest BCUT2D eigenvalue weighted by molar-refractivity contribution is -0.117. The van der Waals surface area contributed by atoms with E-state index in [0.717, 1.165) is 36.4 Å². The van der Waals surface area contributed by atoms with Crippen LogP contribution in [0.1, 0.15) is 24.4 Å². The minimum atomic E-state index is -3.76. The van der Waals surface area contributed by atoms with Crippen molar-refractivity contribution < 1.29 is 22.7 Å². The fourth-order valence-corrected chi connectivity index (χ4v) is 4.10. The molecule has 3 N–H and O–H groups in total. The lowest BCUT2D eigenvalue weighted by Gasteiger charge is -2.26. The average molecular weight is 420 g/mol. The van der Waals surface area contributed by atoms with Gasteiger partial charge in [-0.15, -0.1) is 0 Å². The van der Waals surface area contributed by atoms with Crippen LogP contribution >= 0.6 is 0 Å². The second-order valence-corrected chi connectivity index (χ2v) is 8.42. The molecule has 156 valence electrons. The largest absolute Gasteiger partial charge is 0.497 e. The summed E-state index contributed by atoms with van der Waals surface area (Å²) in [7, 11) is -0.515. The van der Waals surface area contributed by atoms with E-state index in [1.807, 2.05) is 18.2 Å². The smallest absolute Gasteiger partial charge is 0.238 e. The lowest BCUT2D eigenvalue weighted by Crippen LogP contribution is -2.33. The number of carbonyl (C=O) groups is 1. The Hall–Kier alpha value is -2.62. The Labute approximate surface area is 170 Å². The maximum Gasteiger partial charge on any atom is 0.238 e. The number of rotatable bonds is 7. The predicted molar refractivity (Wildman–Crippen MR) is 110 cm³/mol. The molecule has 0 bridgehead atoms. The monoisotopic (exact) mass is 419 g/mol. The number of anilines is 1. The molecule has 1 heterocycles. The molecule has 8 nitrogen and oxygen atoms in total. The molecule has 0 unspecified atom stereocenters. The SMILES string of the molecule is COc1ccc(OC)c([C@H]2CCCN2CC(=O)Nc2ccc(S(N)(=O)=O)cc2)c1. The zero-order valence-electron chi connectivity index (χ0n) is 16.4. The van der Waals surface area contributed by atoms with Gasteiger partial charge in [0.05, 0.1) is 25.7 Å². The van der Waals surface area contributed by atoms with Crippen LogP contribution in [0.4, 0.5) is 5.69 Å². The summed E-state index contributed by atoms with van der Waals surface area (Å²) < 4.78 is 33.5. The number of hydrogen-bond donors (Lipinski definition) is 2. The predicted octanol–water partition coefficient (Wildman–Crippen LogP) is 2.13. The Bertz CT molecular complexity index is 976. The summed E-state index contributed by atoms with van der Waals surface area (Å²) in [5.74, 6) is 1.33. The van der Waals surface area contributed by atoms with Crippen molar-refractivity contribution in [2.24, 2.45) is 5.14 Å². The van der Waals surface area contributed by atoms with Crippen molar-refractivity contribution in [1.82, 2.24) is 4.90 Å². The van der Waals surface area contributed by atoms with Crippen LogP contribution in [0.2, 0.25) is 0 Å². The van der Waals surface area contributed by atoms with E-state index in [1.54, 1.807) is 14.2 Å². The number of methoxy groups -OCH3 is 2. The first kappa shape index (κ1) is 21.1. The van der Waals surface area contributed by atoms with E-state index < -0.39 is 10.0 Å². The summed E-state index contributed by atoms with van der Waals surface area (Å²) >= 11 is 0. The van der Waals surface area contributed by atoms with E-state index in [0.29, 0.717) is 5.69 Å². The molecule has 1 aliphatic rings. The van der Waals surface area contributed by atoms with Gasteiger partial charge in [-0.3, -0.25) is 9.69 Å². The number of nitrogens with zero attached hydrogens (tertiary/aromatic N) is 1. The molecule has 0 aliphatic carbocycles. The molecule has 1 saturated heterocycles. The van der Waals surface area contributed by atoms with Crippen LogP contribution in [0, 0.1) is 0 Å². The molecule has 0 spiro atoms. The van der Waals surface area contributed by atoms with Crippen molar-refractivity contribution in [1.29, 1.82) is 0 Å². The topological polar surface area (TPSA) is 111 Å². The molecule has 0 radical (unpaired) electrons. The molecule has 3 rings (SSSR count). The minimum absolute atomic E-state index is 0.000209. The van der Waals surface area contributed by atoms with Crippen molar-refractivity contribution in [3.05, 3.63) is 48.0 Å². The van der Waals surface area contributed by atoms with Crippen molar-refractivity contribution in [3.8, 4) is 11.5 Å². The van der Waals surface area contributed by atoms with Gasteiger partial charge in [0.1, 0.15) is 11.5 Å². The van der Waals surface area contributed by atoms with E-state index >= 15 is 0 Å². The third-order valence-electron chi connectivity index (χ3n) is 4.97. The number of benzene rings is 2. The third kappa shape index (κ3) is 5.06. The van der Waals surface area contributed by atoms with Gasteiger partial charge < -0.3 is 14.8 Å². The summed E-state index contributed by atoms with van der Waals surface area (Å²) in [6.45, 7) is 1.00. The number of nitrogens with one attached hydrogen (secondary N) is 1. The van der Waals surface area contributed by atoms with Crippen LogP contribution in [-0.4, -0.2) is 46.5 Å². The lowest BCUT2D eigenvalue weighted by atomic mass is 10.0. The maximum atomic E-state index is 12.6. The van der Waals surface area contributed by atoms with Gasteiger partial charge in [0.25, 0.3) is 0 Å². The zero-order chi connectivity index (χ0) is 21.0. The summed E-state index contributed by atoms with van der Waals surface area (Å²) in [6, 6.07) is 11.5. The van der Waals surface area contributed by atoms with E-state index in [1.165, 1.54) is 24.3 Å². The van der Waals surface area contributed by atoms with Gasteiger partial charge in [0.15, 0.2) is 0 Å². The Morgan fingerprint density at radius 3 is 2.52 bits per heavy atom. The van der Waals surface area contributed by atoms with E-state index in [2.05, 4.69) is 10.2 Å². The number of sulfonamides is 1. The molecule has 2 aromatic rings. The first-order chi connectivity index (χ1) is 13.8. The molecule has 1 atom stereocenters. The number of ether oxygens (including phenoxy) is 2. The molecule has 9 heteroatoms. The second kappa shape index (κ2) is 8.81. The van der Waals surface area contributed by atoms with Crippen molar-refractivity contribution in [2.75, 3.05) is 32.6 Å². The van der Waals surface area contributed by atoms with Crippen LogP contribution in [0.5, 0.6) is 11.5 Å². The number of amides is 1. The Kier molecular flexibility index (Phi) is 6.41. The molecule has 1 aliphatic heterocycles. The molecule has 0 aromatic heterocycles. The highest BCUT2D eigenvalue weighted by atomic mass is 32.2. The van der Waals surface area contributed by atoms with E-state index in [9.17, 15) is 13.2 Å². The summed E-state index contributed by atoms with van der Waals surface area (Å²) in [6.07, 6.45) is 1.89. The van der Waals surface area contributed by atoms with Gasteiger partial charge in [0, 0.05) is 17.3 Å². The minimum Gasteiger partial charge on any atom is -0.497 e. The molecule has 1 amide bonds. The molecule has 2 aromatic carbocycles. The van der Waals surface area contributed by atoms with Gasteiger partial charge in [-0.2, -0.15) is 0 Å². The van der Waals surface area contributed by atoms with Gasteiger partial charge >= 0.3 is 0 Å². The number of carbonyl (C=O) groups excluding carboxylic acids is 1. The van der Waals surface area contributed by atoms with Gasteiger partial charge in [-0.1, -0.05) is 0 Å². The van der Waals surface area contributed by atoms with Crippen LogP contribution in [0.3, 0.4) is 0 Å². The Balaban J connectivity index is 1.70. The number of likely N-dealkylation sites (tertiary alicyclic amines) is 1. The highest BCUT2D eigenvalue weighted by Crippen LogP contribution is 2.38. The number of hydrogen-bond acceptors (Lipinski definition) is 6. The molecular weight excluding hydrogens is 394 g/mol. The van der Waals surface area contributed by atoms with Crippen molar-refractivity contribution >= 4 is 21.6 Å². The fourth-order valence-electron chi connectivity index (χ4n) is 3.58. The first-order valence-electron chi connectivity index (χ1n) is 9.20. The summed E-state index contributed by atoms with van der Waals surface area (Å²) in [5.41, 5.74) is 1.51. The fraction of sp³-hybridized carbons (Fsp3) is 0.350. The van der Waals surface area contributed by atoms with Gasteiger partial charge in [-0.25, -0.2) is 13.6 Å². The second-order valence-electron chi connectivity index (χ2n) is 6.85. The quantitative estimate of drug-likeness (QED) is 0.711. The van der Waals surface area contributed by atoms with Crippen LogP contribution in [-0.2, 0) is 14.8 Å². The van der Waals surface area contributed by atoms with Crippen LogP contribution < -0.4 is 19.9 Å². The normalized spacial score (nSPS) is 17.1. The molecule has 1 fully saturated rings. The zero-order valence-corrected chi connectivity index (χ0v) is 17.2. The highest BCUT2D eigenvalue weighted by molar-refractivity contribution is 7.89. The van der Waals surface area contributed by atoms with Gasteiger partial charge in [0.2, 0.25) is 15.9 Å². The number of primary sulfonamides is 1. The average Bonchev–Trinajstić information content (AvgIpc) is 3.14. The third-order valence-corrected chi connectivity index (χ3v) is 5.90. The molecule has 0 saturated carbocycles. The van der Waals surface area contributed by atoms with Crippen LogP contribution in [0.25, 0.3) is 0 Å². The van der Waals surface area contributed by atoms with Crippen LogP contribution in [0.15, 0.2) is 47.4 Å². The Morgan fingerprint density at radius 1 is 1.17 bits per heavy atom. The molecule has 29 heavy (non-hydrogen) atoms. The van der Waals surface area contributed by atoms with E-state index in [-0.39, 0.29) is 23.4 Å². The maximum absolute atomic E-state index is 12.6. The van der Waals surface area contributed by atoms with E-state index in [4.69, 9.17) is 14.6 Å². The standard InChI is InChI=1S/C20H25N3O5S/c1-27-15-7-10-19(28-2)17(12-15)18-4-3-11-23(18)13-20(24)22-14-5-8-16(9-6-14)29(21,25)26/h5-10,12,18H,3-4,11,13H2,1-2H3,(H,22,24)(H2,21,25,26)/t18-/m1/s1.